The van der Waals surface area contributed by atoms with Crippen LogP contribution in [0.4, 0.5) is 0 Å². The fourth-order valence-electron chi connectivity index (χ4n) is 3.15. The topological polar surface area (TPSA) is 132 Å². The second kappa shape index (κ2) is 10.7. The number of rotatable bonds is 8. The van der Waals surface area contributed by atoms with Gasteiger partial charge < -0.3 is 25.1 Å². The molecule has 3 aromatic carbocycles. The number of hydrogen-bond donors (Lipinski definition) is 2. The predicted molar refractivity (Wildman–Crippen MR) is 128 cm³/mol. The summed E-state index contributed by atoms with van der Waals surface area (Å²) in [5.74, 6) is -0.583. The molecule has 0 amide bonds. The van der Waals surface area contributed by atoms with E-state index in [4.69, 9.17) is 25.1 Å². The zero-order valence-corrected chi connectivity index (χ0v) is 19.6. The number of esters is 1. The maximum absolute atomic E-state index is 12.3. The highest BCUT2D eigenvalue weighted by Gasteiger charge is 2.23. The van der Waals surface area contributed by atoms with Crippen molar-refractivity contribution < 1.29 is 28.9 Å². The number of benzene rings is 3. The Balaban J connectivity index is 1.74. The lowest BCUT2D eigenvalue weighted by Gasteiger charge is -2.22. The molecule has 0 radical (unpaired) electrons. The molecule has 8 heteroatoms. The Bertz CT molecular complexity index is 1270. The van der Waals surface area contributed by atoms with Gasteiger partial charge >= 0.3 is 11.9 Å². The Labute approximate surface area is 203 Å². The van der Waals surface area contributed by atoms with E-state index in [9.17, 15) is 14.9 Å². The molecular formula is C27H26N2O6. The average molecular weight is 475 g/mol. The summed E-state index contributed by atoms with van der Waals surface area (Å²) in [7, 11) is 0. The molecule has 0 aliphatic heterocycles. The third-order valence-electron chi connectivity index (χ3n) is 4.76. The smallest absolute Gasteiger partial charge is 0.335 e. The second-order valence-corrected chi connectivity index (χ2v) is 8.75. The van der Waals surface area contributed by atoms with Gasteiger partial charge in [0.05, 0.1) is 11.1 Å². The Morgan fingerprint density at radius 2 is 1.74 bits per heavy atom. The highest BCUT2D eigenvalue weighted by molar-refractivity contribution is 5.88. The van der Waals surface area contributed by atoms with Crippen molar-refractivity contribution in [2.75, 3.05) is 0 Å². The van der Waals surface area contributed by atoms with Crippen molar-refractivity contribution in [3.05, 3.63) is 89.0 Å². The number of carboxylic acids is 1. The summed E-state index contributed by atoms with van der Waals surface area (Å²) < 4.78 is 17.0. The van der Waals surface area contributed by atoms with Crippen molar-refractivity contribution in [2.45, 2.75) is 39.0 Å². The normalized spacial score (nSPS) is 11.7. The molecule has 0 saturated heterocycles. The van der Waals surface area contributed by atoms with E-state index in [0.717, 1.165) is 5.56 Å². The van der Waals surface area contributed by atoms with Crippen molar-refractivity contribution in [1.82, 2.24) is 0 Å². The van der Waals surface area contributed by atoms with Gasteiger partial charge in [0.15, 0.2) is 0 Å². The standard InChI is InChI=1S/C27H26N2O6/c1-27(2,3)35-26(32)24(29)18-7-4-6-17(12-18)16-33-23-14-22(11-10-20(23)15-28)34-21-9-5-8-19(13-21)25(30)31/h4-14,24H,16,29H2,1-3H3,(H,30,31). The van der Waals surface area contributed by atoms with Crippen LogP contribution in [-0.2, 0) is 16.1 Å². The van der Waals surface area contributed by atoms with Crippen LogP contribution in [0.2, 0.25) is 0 Å². The molecule has 0 fully saturated rings. The minimum atomic E-state index is -1.06. The maximum Gasteiger partial charge on any atom is 0.335 e. The summed E-state index contributed by atoms with van der Waals surface area (Å²) in [5.41, 5.74) is 7.15. The Morgan fingerprint density at radius 3 is 2.43 bits per heavy atom. The van der Waals surface area contributed by atoms with E-state index in [1.165, 1.54) is 12.1 Å². The predicted octanol–water partition coefficient (Wildman–Crippen LogP) is 4.97. The van der Waals surface area contributed by atoms with Crippen molar-refractivity contribution in [2.24, 2.45) is 5.73 Å². The highest BCUT2D eigenvalue weighted by atomic mass is 16.6. The third-order valence-corrected chi connectivity index (χ3v) is 4.76. The number of nitriles is 1. The van der Waals surface area contributed by atoms with Crippen LogP contribution in [0.15, 0.2) is 66.7 Å². The van der Waals surface area contributed by atoms with Crippen LogP contribution in [0, 0.1) is 11.3 Å². The van der Waals surface area contributed by atoms with Gasteiger partial charge in [0.2, 0.25) is 0 Å². The van der Waals surface area contributed by atoms with Gasteiger partial charge in [-0.05, 0) is 62.2 Å². The van der Waals surface area contributed by atoms with E-state index < -0.39 is 23.6 Å². The highest BCUT2D eigenvalue weighted by Crippen LogP contribution is 2.29. The number of carbonyl (C=O) groups is 2. The molecule has 1 atom stereocenters. The van der Waals surface area contributed by atoms with Crippen molar-refractivity contribution in [3.63, 3.8) is 0 Å². The molecule has 3 rings (SSSR count). The second-order valence-electron chi connectivity index (χ2n) is 8.75. The largest absolute Gasteiger partial charge is 0.487 e. The van der Waals surface area contributed by atoms with E-state index >= 15 is 0 Å². The van der Waals surface area contributed by atoms with Crippen LogP contribution in [0.25, 0.3) is 0 Å². The van der Waals surface area contributed by atoms with Gasteiger partial charge in [-0.2, -0.15) is 5.26 Å². The summed E-state index contributed by atoms with van der Waals surface area (Å²) in [6.45, 7) is 5.43. The van der Waals surface area contributed by atoms with Crippen LogP contribution >= 0.6 is 0 Å². The quantitative estimate of drug-likeness (QED) is 0.437. The summed E-state index contributed by atoms with van der Waals surface area (Å²) >= 11 is 0. The summed E-state index contributed by atoms with van der Waals surface area (Å²) in [5, 5.41) is 18.6. The van der Waals surface area contributed by atoms with Gasteiger partial charge in [0, 0.05) is 6.07 Å². The number of aromatic carboxylic acids is 1. The van der Waals surface area contributed by atoms with Crippen molar-refractivity contribution in [1.29, 1.82) is 5.26 Å². The van der Waals surface area contributed by atoms with Gasteiger partial charge in [-0.15, -0.1) is 0 Å². The van der Waals surface area contributed by atoms with Gasteiger partial charge in [0.25, 0.3) is 0 Å². The molecule has 35 heavy (non-hydrogen) atoms. The van der Waals surface area contributed by atoms with E-state index in [1.54, 1.807) is 69.3 Å². The molecule has 0 bridgehead atoms. The molecule has 8 nitrogen and oxygen atoms in total. The molecule has 0 aliphatic carbocycles. The SMILES string of the molecule is CC(C)(C)OC(=O)C(N)c1cccc(COc2cc(Oc3cccc(C(=O)O)c3)ccc2C#N)c1. The molecule has 0 aliphatic rings. The van der Waals surface area contributed by atoms with Gasteiger partial charge in [-0.3, -0.25) is 0 Å². The van der Waals surface area contributed by atoms with E-state index in [2.05, 4.69) is 6.07 Å². The first-order valence-electron chi connectivity index (χ1n) is 10.8. The van der Waals surface area contributed by atoms with Crippen LogP contribution in [-0.4, -0.2) is 22.6 Å². The minimum absolute atomic E-state index is 0.0945. The third kappa shape index (κ3) is 7.06. The van der Waals surface area contributed by atoms with Gasteiger partial charge in [-0.25, -0.2) is 9.59 Å². The van der Waals surface area contributed by atoms with Crippen LogP contribution < -0.4 is 15.2 Å². The zero-order valence-electron chi connectivity index (χ0n) is 19.6. The number of nitrogens with two attached hydrogens (primary N) is 1. The van der Waals surface area contributed by atoms with Crippen molar-refractivity contribution >= 4 is 11.9 Å². The van der Waals surface area contributed by atoms with Gasteiger partial charge in [-0.1, -0.05) is 30.3 Å². The zero-order chi connectivity index (χ0) is 25.6. The van der Waals surface area contributed by atoms with Crippen LogP contribution in [0.3, 0.4) is 0 Å². The molecule has 180 valence electrons. The first-order chi connectivity index (χ1) is 16.6. The Morgan fingerprint density at radius 1 is 1.03 bits per heavy atom. The summed E-state index contributed by atoms with van der Waals surface area (Å²) in [4.78, 5) is 23.5. The number of hydrogen-bond acceptors (Lipinski definition) is 7. The number of carboxylic acid groups (broad SMARTS) is 1. The van der Waals surface area contributed by atoms with Crippen LogP contribution in [0.5, 0.6) is 17.2 Å². The number of ether oxygens (including phenoxy) is 3. The summed E-state index contributed by atoms with van der Waals surface area (Å²) in [6.07, 6.45) is 0. The molecule has 0 aromatic heterocycles. The van der Waals surface area contributed by atoms with Crippen LogP contribution in [0.1, 0.15) is 53.9 Å². The first kappa shape index (κ1) is 25.3. The molecule has 1 unspecified atom stereocenters. The van der Waals surface area contributed by atoms with E-state index in [0.29, 0.717) is 28.4 Å². The number of nitrogens with zero attached hydrogens (tertiary/aromatic N) is 1. The first-order valence-corrected chi connectivity index (χ1v) is 10.8. The minimum Gasteiger partial charge on any atom is -0.487 e. The van der Waals surface area contributed by atoms with E-state index in [1.807, 2.05) is 6.07 Å². The molecule has 3 aromatic rings. The molecule has 0 heterocycles. The molecule has 0 saturated carbocycles. The fourth-order valence-corrected chi connectivity index (χ4v) is 3.15. The fraction of sp³-hybridized carbons (Fsp3) is 0.222. The Kier molecular flexibility index (Phi) is 7.74. The number of carbonyl (C=O) groups excluding carboxylic acids is 1. The lowest BCUT2D eigenvalue weighted by molar-refractivity contribution is -0.156. The molecule has 0 spiro atoms. The average Bonchev–Trinajstić information content (AvgIpc) is 2.81. The lowest BCUT2D eigenvalue weighted by atomic mass is 10.0. The maximum atomic E-state index is 12.3. The van der Waals surface area contributed by atoms with E-state index in [-0.39, 0.29) is 12.2 Å². The lowest BCUT2D eigenvalue weighted by Crippen LogP contribution is -2.31. The van der Waals surface area contributed by atoms with Crippen molar-refractivity contribution in [3.8, 4) is 23.3 Å². The molecular weight excluding hydrogens is 448 g/mol. The van der Waals surface area contributed by atoms with Gasteiger partial charge in [0.1, 0.15) is 41.6 Å². The summed E-state index contributed by atoms with van der Waals surface area (Å²) in [6, 6.07) is 19.0. The Hall–Kier alpha value is -4.35. The monoisotopic (exact) mass is 474 g/mol. The molecule has 3 N–H and O–H groups in total.